The summed E-state index contributed by atoms with van der Waals surface area (Å²) in [5, 5.41) is 6.96. The van der Waals surface area contributed by atoms with Crippen molar-refractivity contribution in [3.05, 3.63) is 48.3 Å². The molecule has 0 radical (unpaired) electrons. The number of nitrogens with one attached hydrogen (secondary N) is 1. The third-order valence-corrected chi connectivity index (χ3v) is 4.39. The van der Waals surface area contributed by atoms with E-state index in [0.717, 1.165) is 5.56 Å². The third-order valence-electron chi connectivity index (χ3n) is 4.39. The second-order valence-electron chi connectivity index (χ2n) is 6.56. The molecular weight excluding hydrogens is 359 g/mol. The van der Waals surface area contributed by atoms with Crippen LogP contribution in [0.5, 0.6) is 0 Å². The Morgan fingerprint density at radius 1 is 1.11 bits per heavy atom. The van der Waals surface area contributed by atoms with Crippen molar-refractivity contribution >= 4 is 11.7 Å². The molecule has 0 spiro atoms. The van der Waals surface area contributed by atoms with E-state index in [1.165, 1.54) is 4.90 Å². The van der Waals surface area contributed by atoms with E-state index in [9.17, 15) is 18.0 Å². The molecule has 1 aromatic heterocycles. The van der Waals surface area contributed by atoms with Crippen LogP contribution in [0.4, 0.5) is 23.7 Å². The first-order chi connectivity index (χ1) is 12.9. The molecule has 3 rings (SSSR count). The van der Waals surface area contributed by atoms with Gasteiger partial charge in [0.15, 0.2) is 0 Å². The summed E-state index contributed by atoms with van der Waals surface area (Å²) in [6.45, 7) is 0.987. The number of halogens is 3. The van der Waals surface area contributed by atoms with Gasteiger partial charge in [0.1, 0.15) is 0 Å². The molecule has 27 heavy (non-hydrogen) atoms. The number of urea groups is 1. The molecular formula is C18H22F3N5O. The molecule has 2 amide bonds. The van der Waals surface area contributed by atoms with Gasteiger partial charge in [-0.05, 0) is 30.2 Å². The highest BCUT2D eigenvalue weighted by Gasteiger charge is 2.31. The van der Waals surface area contributed by atoms with Crippen molar-refractivity contribution in [2.45, 2.75) is 19.1 Å². The molecule has 0 aliphatic carbocycles. The highest BCUT2D eigenvalue weighted by molar-refractivity contribution is 5.89. The fraction of sp³-hybridized carbons (Fsp3) is 0.444. The van der Waals surface area contributed by atoms with Crippen LogP contribution in [0.3, 0.4) is 0 Å². The molecule has 0 bridgehead atoms. The summed E-state index contributed by atoms with van der Waals surface area (Å²) in [6, 6.07) is 9.00. The van der Waals surface area contributed by atoms with E-state index in [2.05, 4.69) is 10.4 Å². The number of nitrogens with zero attached hydrogens (tertiary/aromatic N) is 4. The predicted molar refractivity (Wildman–Crippen MR) is 95.5 cm³/mol. The fourth-order valence-corrected chi connectivity index (χ4v) is 3.06. The van der Waals surface area contributed by atoms with Crippen LogP contribution in [0.2, 0.25) is 0 Å². The van der Waals surface area contributed by atoms with Crippen LogP contribution in [0.25, 0.3) is 0 Å². The first-order valence-electron chi connectivity index (χ1n) is 8.80. The van der Waals surface area contributed by atoms with E-state index in [4.69, 9.17) is 0 Å². The first kappa shape index (κ1) is 19.2. The normalized spacial score (nSPS) is 16.2. The van der Waals surface area contributed by atoms with Crippen molar-refractivity contribution in [1.29, 1.82) is 0 Å². The topological polar surface area (TPSA) is 53.4 Å². The molecule has 0 atom stereocenters. The maximum Gasteiger partial charge on any atom is 0.401 e. The van der Waals surface area contributed by atoms with Gasteiger partial charge in [-0.15, -0.1) is 0 Å². The molecule has 1 aliphatic heterocycles. The number of aromatic nitrogens is 2. The molecule has 0 unspecified atom stereocenters. The minimum Gasteiger partial charge on any atom is -0.323 e. The summed E-state index contributed by atoms with van der Waals surface area (Å²) in [5.74, 6) is 0. The van der Waals surface area contributed by atoms with E-state index in [1.54, 1.807) is 15.8 Å². The van der Waals surface area contributed by atoms with Crippen molar-refractivity contribution in [3.8, 4) is 0 Å². The van der Waals surface area contributed by atoms with E-state index in [1.807, 2.05) is 36.5 Å². The van der Waals surface area contributed by atoms with Crippen LogP contribution in [0, 0.1) is 0 Å². The summed E-state index contributed by atoms with van der Waals surface area (Å²) in [6.07, 6.45) is -0.107. The van der Waals surface area contributed by atoms with Crippen LogP contribution in [0.15, 0.2) is 42.7 Å². The lowest BCUT2D eigenvalue weighted by atomic mass is 10.2. The van der Waals surface area contributed by atoms with Gasteiger partial charge >= 0.3 is 12.2 Å². The van der Waals surface area contributed by atoms with Crippen molar-refractivity contribution < 1.29 is 18.0 Å². The number of anilines is 1. The van der Waals surface area contributed by atoms with Crippen molar-refractivity contribution in [2.75, 3.05) is 38.0 Å². The monoisotopic (exact) mass is 381 g/mol. The van der Waals surface area contributed by atoms with Crippen LogP contribution >= 0.6 is 0 Å². The molecule has 2 heterocycles. The number of carbonyl (C=O) groups excluding carboxylic acids is 1. The zero-order chi connectivity index (χ0) is 19.3. The zero-order valence-corrected chi connectivity index (χ0v) is 14.8. The average molecular weight is 381 g/mol. The minimum atomic E-state index is -4.21. The molecule has 1 fully saturated rings. The lowest BCUT2D eigenvalue weighted by molar-refractivity contribution is -0.145. The van der Waals surface area contributed by atoms with Gasteiger partial charge in [0.2, 0.25) is 0 Å². The summed E-state index contributed by atoms with van der Waals surface area (Å²) in [4.78, 5) is 15.3. The molecule has 1 aliphatic rings. The predicted octanol–water partition coefficient (Wildman–Crippen LogP) is 3.03. The van der Waals surface area contributed by atoms with Gasteiger partial charge in [0.25, 0.3) is 0 Å². The molecule has 146 valence electrons. The second-order valence-corrected chi connectivity index (χ2v) is 6.56. The largest absolute Gasteiger partial charge is 0.401 e. The lowest BCUT2D eigenvalue weighted by Gasteiger charge is -2.23. The van der Waals surface area contributed by atoms with Gasteiger partial charge in [0.05, 0.1) is 13.1 Å². The Kier molecular flexibility index (Phi) is 6.00. The van der Waals surface area contributed by atoms with Gasteiger partial charge in [-0.3, -0.25) is 9.58 Å². The Morgan fingerprint density at radius 3 is 2.56 bits per heavy atom. The lowest BCUT2D eigenvalue weighted by Crippen LogP contribution is -2.40. The number of carbonyl (C=O) groups is 1. The van der Waals surface area contributed by atoms with E-state index < -0.39 is 12.7 Å². The van der Waals surface area contributed by atoms with Crippen molar-refractivity contribution in [2.24, 2.45) is 0 Å². The highest BCUT2D eigenvalue weighted by atomic mass is 19.4. The summed E-state index contributed by atoms with van der Waals surface area (Å²) >= 11 is 0. The van der Waals surface area contributed by atoms with Crippen molar-refractivity contribution in [1.82, 2.24) is 19.6 Å². The Morgan fingerprint density at radius 2 is 1.89 bits per heavy atom. The molecule has 6 nitrogen and oxygen atoms in total. The second kappa shape index (κ2) is 8.43. The van der Waals surface area contributed by atoms with Crippen LogP contribution in [-0.4, -0.2) is 64.5 Å². The maximum absolute atomic E-state index is 12.5. The number of benzene rings is 1. The number of alkyl halides is 3. The van der Waals surface area contributed by atoms with Gasteiger partial charge in [-0.25, -0.2) is 4.79 Å². The summed E-state index contributed by atoms with van der Waals surface area (Å²) in [7, 11) is 0. The SMILES string of the molecule is O=C(Nc1ccc(Cn2cccn2)cc1)N1CCCN(CC(F)(F)F)CC1. The Labute approximate surface area is 155 Å². The van der Waals surface area contributed by atoms with E-state index in [-0.39, 0.29) is 19.1 Å². The van der Waals surface area contributed by atoms with Gasteiger partial charge in [0, 0.05) is 44.3 Å². The molecule has 1 saturated heterocycles. The van der Waals surface area contributed by atoms with Crippen LogP contribution in [0.1, 0.15) is 12.0 Å². The van der Waals surface area contributed by atoms with Crippen LogP contribution in [-0.2, 0) is 6.54 Å². The molecule has 1 aromatic carbocycles. The Hall–Kier alpha value is -2.55. The fourth-order valence-electron chi connectivity index (χ4n) is 3.06. The molecule has 0 saturated carbocycles. The minimum absolute atomic E-state index is 0.218. The van der Waals surface area contributed by atoms with Crippen molar-refractivity contribution in [3.63, 3.8) is 0 Å². The maximum atomic E-state index is 12.5. The summed E-state index contributed by atoms with van der Waals surface area (Å²) < 4.78 is 39.4. The van der Waals surface area contributed by atoms with Gasteiger partial charge < -0.3 is 10.2 Å². The highest BCUT2D eigenvalue weighted by Crippen LogP contribution is 2.18. The number of amides is 2. The Bertz CT molecular complexity index is 730. The molecule has 1 N–H and O–H groups in total. The smallest absolute Gasteiger partial charge is 0.323 e. The number of hydrogen-bond acceptors (Lipinski definition) is 3. The van der Waals surface area contributed by atoms with Gasteiger partial charge in [-0.2, -0.15) is 18.3 Å². The number of hydrogen-bond donors (Lipinski definition) is 1. The molecule has 9 heteroatoms. The Balaban J connectivity index is 1.51. The average Bonchev–Trinajstić information content (AvgIpc) is 3.00. The molecule has 2 aromatic rings. The van der Waals surface area contributed by atoms with Gasteiger partial charge in [-0.1, -0.05) is 12.1 Å². The quantitative estimate of drug-likeness (QED) is 0.886. The number of rotatable bonds is 4. The van der Waals surface area contributed by atoms with Crippen LogP contribution < -0.4 is 5.32 Å². The zero-order valence-electron chi connectivity index (χ0n) is 14.8. The first-order valence-corrected chi connectivity index (χ1v) is 8.80. The third kappa shape index (κ3) is 5.99. The standard InChI is InChI=1S/C18H22F3N5O/c19-18(20,21)14-24-8-2-9-25(12-11-24)17(27)23-16-5-3-15(4-6-16)13-26-10-1-7-22-26/h1,3-7,10H,2,8-9,11-14H2,(H,23,27). The van der Waals surface area contributed by atoms with E-state index in [0.29, 0.717) is 31.7 Å². The summed E-state index contributed by atoms with van der Waals surface area (Å²) in [5.41, 5.74) is 1.70. The van der Waals surface area contributed by atoms with E-state index >= 15 is 0 Å².